The summed E-state index contributed by atoms with van der Waals surface area (Å²) >= 11 is 0. The average molecular weight is 288 g/mol. The summed E-state index contributed by atoms with van der Waals surface area (Å²) in [5, 5.41) is 2.77. The molecule has 1 heterocycles. The fourth-order valence-corrected chi connectivity index (χ4v) is 3.05. The summed E-state index contributed by atoms with van der Waals surface area (Å²) in [5.74, 6) is 0.0967. The second kappa shape index (κ2) is 5.11. The first-order valence-electron chi connectivity index (χ1n) is 6.58. The van der Waals surface area contributed by atoms with Crippen LogP contribution in [-0.4, -0.2) is 55.8 Å². The Kier molecular flexibility index (Phi) is 3.85. The van der Waals surface area contributed by atoms with Gasteiger partial charge in [0.05, 0.1) is 5.75 Å². The molecule has 0 aromatic carbocycles. The number of hydrogen-bond donors (Lipinski definition) is 1. The number of hydrogen-bond acceptors (Lipinski definition) is 4. The van der Waals surface area contributed by atoms with Gasteiger partial charge in [-0.2, -0.15) is 0 Å². The Balaban J connectivity index is 1.99. The maximum Gasteiger partial charge on any atom is 0.246 e. The zero-order valence-electron chi connectivity index (χ0n) is 11.3. The average Bonchev–Trinajstić information content (AvgIpc) is 3.10. The fraction of sp³-hybridized carbons (Fsp3) is 0.833. The Labute approximate surface area is 113 Å². The molecule has 0 bridgehead atoms. The molecule has 2 atom stereocenters. The van der Waals surface area contributed by atoms with E-state index in [2.05, 4.69) is 5.32 Å². The molecule has 6 nitrogen and oxygen atoms in total. The molecule has 108 valence electrons. The van der Waals surface area contributed by atoms with Gasteiger partial charge in [-0.05, 0) is 32.1 Å². The van der Waals surface area contributed by atoms with Crippen LogP contribution in [0, 0.1) is 5.92 Å². The highest BCUT2D eigenvalue weighted by atomic mass is 32.2. The van der Waals surface area contributed by atoms with Gasteiger partial charge in [0.25, 0.3) is 0 Å². The van der Waals surface area contributed by atoms with Gasteiger partial charge in [-0.1, -0.05) is 0 Å². The van der Waals surface area contributed by atoms with E-state index in [9.17, 15) is 18.0 Å². The third kappa shape index (κ3) is 3.46. The van der Waals surface area contributed by atoms with E-state index < -0.39 is 21.9 Å². The van der Waals surface area contributed by atoms with Gasteiger partial charge in [0, 0.05) is 12.8 Å². The lowest BCUT2D eigenvalue weighted by molar-refractivity contribution is -0.149. The molecule has 0 radical (unpaired) electrons. The molecule has 2 unspecified atom stereocenters. The van der Waals surface area contributed by atoms with Gasteiger partial charge < -0.3 is 10.2 Å². The van der Waals surface area contributed by atoms with Crippen LogP contribution >= 0.6 is 0 Å². The van der Waals surface area contributed by atoms with Gasteiger partial charge >= 0.3 is 0 Å². The maximum absolute atomic E-state index is 12.3. The standard InChI is InChI=1S/C12H20N2O4S/c1-8-11(15)13-10(9-4-5-9)12(16)14(8)6-3-7-19(2,17)18/h8-10H,3-7H2,1-2H3,(H,13,15). The highest BCUT2D eigenvalue weighted by Gasteiger charge is 2.45. The first-order chi connectivity index (χ1) is 8.79. The van der Waals surface area contributed by atoms with Crippen molar-refractivity contribution >= 4 is 21.7 Å². The van der Waals surface area contributed by atoms with Gasteiger partial charge in [0.15, 0.2) is 0 Å². The largest absolute Gasteiger partial charge is 0.342 e. The van der Waals surface area contributed by atoms with Crippen molar-refractivity contribution in [1.29, 1.82) is 0 Å². The lowest BCUT2D eigenvalue weighted by Gasteiger charge is -2.37. The van der Waals surface area contributed by atoms with Crippen LogP contribution in [0.4, 0.5) is 0 Å². The van der Waals surface area contributed by atoms with E-state index in [1.54, 1.807) is 6.92 Å². The van der Waals surface area contributed by atoms with Crippen LogP contribution in [0.1, 0.15) is 26.2 Å². The van der Waals surface area contributed by atoms with Gasteiger partial charge in [-0.25, -0.2) is 8.42 Å². The summed E-state index contributed by atoms with van der Waals surface area (Å²) < 4.78 is 22.2. The number of sulfone groups is 1. The van der Waals surface area contributed by atoms with Gasteiger partial charge in [-0.3, -0.25) is 9.59 Å². The molecule has 1 aliphatic heterocycles. The number of carbonyl (C=O) groups is 2. The maximum atomic E-state index is 12.3. The minimum absolute atomic E-state index is 0.0409. The Morgan fingerprint density at radius 3 is 2.47 bits per heavy atom. The number of piperazine rings is 1. The molecule has 1 saturated carbocycles. The minimum Gasteiger partial charge on any atom is -0.342 e. The molecule has 2 rings (SSSR count). The third-order valence-electron chi connectivity index (χ3n) is 3.70. The quantitative estimate of drug-likeness (QED) is 0.742. The molecule has 2 fully saturated rings. The van der Waals surface area contributed by atoms with Crippen molar-refractivity contribution in [2.24, 2.45) is 5.92 Å². The van der Waals surface area contributed by atoms with Crippen molar-refractivity contribution in [3.63, 3.8) is 0 Å². The predicted octanol–water partition coefficient (Wildman–Crippen LogP) is -0.453. The molecule has 2 aliphatic rings. The number of carbonyl (C=O) groups excluding carboxylic acids is 2. The molecule has 0 aromatic rings. The lowest BCUT2D eigenvalue weighted by Crippen LogP contribution is -2.63. The Morgan fingerprint density at radius 1 is 1.32 bits per heavy atom. The number of nitrogens with zero attached hydrogens (tertiary/aromatic N) is 1. The zero-order valence-corrected chi connectivity index (χ0v) is 12.1. The molecule has 0 aromatic heterocycles. The van der Waals surface area contributed by atoms with Crippen LogP contribution in [0.15, 0.2) is 0 Å². The molecular formula is C12H20N2O4S. The highest BCUT2D eigenvalue weighted by molar-refractivity contribution is 7.90. The third-order valence-corrected chi connectivity index (χ3v) is 4.73. The Morgan fingerprint density at radius 2 is 1.95 bits per heavy atom. The monoisotopic (exact) mass is 288 g/mol. The molecule has 2 amide bonds. The van der Waals surface area contributed by atoms with Crippen molar-refractivity contribution < 1.29 is 18.0 Å². The van der Waals surface area contributed by atoms with Crippen LogP contribution in [-0.2, 0) is 19.4 Å². The summed E-state index contributed by atoms with van der Waals surface area (Å²) in [6, 6.07) is -0.913. The van der Waals surface area contributed by atoms with Gasteiger partial charge in [-0.15, -0.1) is 0 Å². The number of amides is 2. The molecular weight excluding hydrogens is 268 g/mol. The SMILES string of the molecule is CC1C(=O)NC(C2CC2)C(=O)N1CCCS(C)(=O)=O. The van der Waals surface area contributed by atoms with Crippen LogP contribution in [0.25, 0.3) is 0 Å². The van der Waals surface area contributed by atoms with Crippen LogP contribution in [0.2, 0.25) is 0 Å². The summed E-state index contributed by atoms with van der Waals surface area (Å²) in [6.07, 6.45) is 3.50. The van der Waals surface area contributed by atoms with E-state index >= 15 is 0 Å². The van der Waals surface area contributed by atoms with E-state index in [1.807, 2.05) is 0 Å². The molecule has 7 heteroatoms. The first kappa shape index (κ1) is 14.3. The van der Waals surface area contributed by atoms with Crippen molar-refractivity contribution in [3.05, 3.63) is 0 Å². The van der Waals surface area contributed by atoms with Crippen LogP contribution < -0.4 is 5.32 Å². The van der Waals surface area contributed by atoms with Crippen LogP contribution in [0.5, 0.6) is 0 Å². The smallest absolute Gasteiger partial charge is 0.246 e. The van der Waals surface area contributed by atoms with E-state index in [1.165, 1.54) is 11.2 Å². The van der Waals surface area contributed by atoms with Gasteiger partial charge in [0.2, 0.25) is 11.8 Å². The summed E-state index contributed by atoms with van der Waals surface area (Å²) in [5.41, 5.74) is 0. The lowest BCUT2D eigenvalue weighted by atomic mass is 10.0. The Hall–Kier alpha value is -1.11. The molecule has 1 N–H and O–H groups in total. The van der Waals surface area contributed by atoms with Crippen molar-refractivity contribution in [1.82, 2.24) is 10.2 Å². The van der Waals surface area contributed by atoms with E-state index in [0.29, 0.717) is 13.0 Å². The minimum atomic E-state index is -3.03. The summed E-state index contributed by atoms with van der Waals surface area (Å²) in [6.45, 7) is 2.00. The number of nitrogens with one attached hydrogen (secondary N) is 1. The highest BCUT2D eigenvalue weighted by Crippen LogP contribution is 2.35. The molecule has 1 aliphatic carbocycles. The van der Waals surface area contributed by atoms with Crippen LogP contribution in [0.3, 0.4) is 0 Å². The van der Waals surface area contributed by atoms with Crippen molar-refractivity contribution in [3.8, 4) is 0 Å². The Bertz CT molecular complexity index is 484. The molecule has 19 heavy (non-hydrogen) atoms. The topological polar surface area (TPSA) is 83.6 Å². The second-order valence-corrected chi connectivity index (χ2v) is 7.77. The normalized spacial score (nSPS) is 28.4. The fourth-order valence-electron chi connectivity index (χ4n) is 2.40. The molecule has 0 spiro atoms. The summed E-state index contributed by atoms with van der Waals surface area (Å²) in [4.78, 5) is 25.6. The molecule has 1 saturated heterocycles. The van der Waals surface area contributed by atoms with E-state index in [0.717, 1.165) is 12.8 Å². The van der Waals surface area contributed by atoms with Crippen molar-refractivity contribution in [2.45, 2.75) is 38.3 Å². The second-order valence-electron chi connectivity index (χ2n) is 5.51. The first-order valence-corrected chi connectivity index (χ1v) is 8.64. The predicted molar refractivity (Wildman–Crippen MR) is 70.2 cm³/mol. The zero-order chi connectivity index (χ0) is 14.2. The number of rotatable bonds is 5. The van der Waals surface area contributed by atoms with Crippen molar-refractivity contribution in [2.75, 3.05) is 18.6 Å². The summed E-state index contributed by atoms with van der Waals surface area (Å²) in [7, 11) is -3.03. The van der Waals surface area contributed by atoms with E-state index in [-0.39, 0.29) is 23.5 Å². The van der Waals surface area contributed by atoms with E-state index in [4.69, 9.17) is 0 Å². The van der Waals surface area contributed by atoms with Gasteiger partial charge in [0.1, 0.15) is 21.9 Å².